The van der Waals surface area contributed by atoms with Gasteiger partial charge in [-0.2, -0.15) is 13.2 Å². The van der Waals surface area contributed by atoms with Crippen LogP contribution in [0.4, 0.5) is 13.2 Å². The molecule has 0 aliphatic rings. The van der Waals surface area contributed by atoms with Crippen LogP contribution in [-0.4, -0.2) is 25.7 Å². The molecule has 0 spiro atoms. The van der Waals surface area contributed by atoms with Crippen LogP contribution in [0.2, 0.25) is 0 Å². The van der Waals surface area contributed by atoms with Gasteiger partial charge >= 0.3 is 6.18 Å². The van der Waals surface area contributed by atoms with E-state index in [0.29, 0.717) is 16.7 Å². The number of thioether (sulfide) groups is 1. The molecule has 1 N–H and O–H groups in total. The van der Waals surface area contributed by atoms with Crippen LogP contribution in [0.25, 0.3) is 11.3 Å². The summed E-state index contributed by atoms with van der Waals surface area (Å²) in [5.74, 6) is 0.676. The van der Waals surface area contributed by atoms with Crippen molar-refractivity contribution in [2.45, 2.75) is 23.6 Å². The zero-order valence-electron chi connectivity index (χ0n) is 11.9. The number of nitrogens with zero attached hydrogens (tertiary/aromatic N) is 3. The Morgan fingerprint density at radius 1 is 1.13 bits per heavy atom. The summed E-state index contributed by atoms with van der Waals surface area (Å²) in [6, 6.07) is 9.69. The molecule has 0 atom stereocenters. The molecule has 3 rings (SSSR count). The zero-order valence-corrected chi connectivity index (χ0v) is 12.7. The molecule has 0 aliphatic heterocycles. The molecule has 3 aromatic rings. The average Bonchev–Trinajstić information content (AvgIpc) is 3.14. The molecule has 0 bridgehead atoms. The minimum Gasteiger partial charge on any atom is -0.333 e. The second-order valence-electron chi connectivity index (χ2n) is 4.84. The number of imidazole rings is 2. The third kappa shape index (κ3) is 4.16. The second-order valence-corrected chi connectivity index (χ2v) is 5.81. The lowest BCUT2D eigenvalue weighted by atomic mass is 10.2. The summed E-state index contributed by atoms with van der Waals surface area (Å²) in [6.07, 6.45) is 0.158. The van der Waals surface area contributed by atoms with Crippen LogP contribution in [-0.2, 0) is 12.3 Å². The monoisotopic (exact) mass is 338 g/mol. The number of alkyl halides is 3. The summed E-state index contributed by atoms with van der Waals surface area (Å²) in [7, 11) is 0. The van der Waals surface area contributed by atoms with Gasteiger partial charge in [0.25, 0.3) is 0 Å². The van der Waals surface area contributed by atoms with Crippen LogP contribution in [0.1, 0.15) is 5.82 Å². The smallest absolute Gasteiger partial charge is 0.333 e. The van der Waals surface area contributed by atoms with E-state index in [2.05, 4.69) is 15.0 Å². The molecule has 0 saturated carbocycles. The standard InChI is InChI=1S/C15H13F3N4S/c16-15(17,18)10-22-7-6-19-13(22)9-23-14-20-8-12(21-14)11-4-2-1-3-5-11/h1-8H,9-10H2,(H,20,21). The van der Waals surface area contributed by atoms with Crippen LogP contribution < -0.4 is 0 Å². The normalized spacial score (nSPS) is 11.8. The summed E-state index contributed by atoms with van der Waals surface area (Å²) in [4.78, 5) is 11.4. The predicted octanol–water partition coefficient (Wildman–Crippen LogP) is 4.13. The number of hydrogen-bond donors (Lipinski definition) is 1. The van der Waals surface area contributed by atoms with Crippen LogP contribution in [0.5, 0.6) is 0 Å². The van der Waals surface area contributed by atoms with Crippen molar-refractivity contribution < 1.29 is 13.2 Å². The fourth-order valence-corrected chi connectivity index (χ4v) is 2.91. The fourth-order valence-electron chi connectivity index (χ4n) is 2.09. The first-order chi connectivity index (χ1) is 11.0. The summed E-state index contributed by atoms with van der Waals surface area (Å²) < 4.78 is 38.5. The van der Waals surface area contributed by atoms with E-state index in [9.17, 15) is 13.2 Å². The molecule has 1 aromatic carbocycles. The van der Waals surface area contributed by atoms with Gasteiger partial charge < -0.3 is 9.55 Å². The third-order valence-electron chi connectivity index (χ3n) is 3.13. The highest BCUT2D eigenvalue weighted by Gasteiger charge is 2.28. The predicted molar refractivity (Wildman–Crippen MR) is 81.9 cm³/mol. The molecule has 4 nitrogen and oxygen atoms in total. The molecule has 8 heteroatoms. The van der Waals surface area contributed by atoms with Crippen molar-refractivity contribution in [3.8, 4) is 11.3 Å². The van der Waals surface area contributed by atoms with Crippen LogP contribution in [0, 0.1) is 0 Å². The molecule has 2 aromatic heterocycles. The molecular weight excluding hydrogens is 325 g/mol. The molecule has 0 amide bonds. The molecule has 0 fully saturated rings. The van der Waals surface area contributed by atoms with Crippen molar-refractivity contribution in [1.29, 1.82) is 0 Å². The molecule has 0 saturated heterocycles. The van der Waals surface area contributed by atoms with Gasteiger partial charge in [0.05, 0.1) is 17.6 Å². The number of halogens is 3. The molecule has 120 valence electrons. The van der Waals surface area contributed by atoms with E-state index in [0.717, 1.165) is 15.8 Å². The molecule has 0 aliphatic carbocycles. The van der Waals surface area contributed by atoms with Crippen molar-refractivity contribution in [2.24, 2.45) is 0 Å². The first-order valence-electron chi connectivity index (χ1n) is 6.81. The maximum Gasteiger partial charge on any atom is 0.406 e. The lowest BCUT2D eigenvalue weighted by Crippen LogP contribution is -2.18. The van der Waals surface area contributed by atoms with E-state index in [4.69, 9.17) is 0 Å². The highest BCUT2D eigenvalue weighted by Crippen LogP contribution is 2.25. The van der Waals surface area contributed by atoms with E-state index in [1.165, 1.54) is 24.2 Å². The molecular formula is C15H13F3N4S. The largest absolute Gasteiger partial charge is 0.406 e. The first-order valence-corrected chi connectivity index (χ1v) is 7.80. The maximum absolute atomic E-state index is 12.5. The van der Waals surface area contributed by atoms with Gasteiger partial charge in [-0.3, -0.25) is 0 Å². The summed E-state index contributed by atoms with van der Waals surface area (Å²) in [6.45, 7) is -1.03. The number of aromatic nitrogens is 4. The SMILES string of the molecule is FC(F)(F)Cn1ccnc1CSc1ncc(-c2ccccc2)[nH]1. The summed E-state index contributed by atoms with van der Waals surface area (Å²) in [5, 5.41) is 0.644. The fraction of sp³-hybridized carbons (Fsp3) is 0.200. The van der Waals surface area contributed by atoms with Gasteiger partial charge in [0, 0.05) is 12.4 Å². The van der Waals surface area contributed by atoms with Gasteiger partial charge in [-0.05, 0) is 5.56 Å². The van der Waals surface area contributed by atoms with Gasteiger partial charge in [-0.1, -0.05) is 42.1 Å². The Kier molecular flexibility index (Phi) is 4.42. The number of H-pyrrole nitrogens is 1. The van der Waals surface area contributed by atoms with Crippen molar-refractivity contribution in [1.82, 2.24) is 19.5 Å². The topological polar surface area (TPSA) is 46.5 Å². The van der Waals surface area contributed by atoms with E-state index in [1.807, 2.05) is 30.3 Å². The average molecular weight is 338 g/mol. The number of hydrogen-bond acceptors (Lipinski definition) is 3. The Hall–Kier alpha value is -2.22. The highest BCUT2D eigenvalue weighted by molar-refractivity contribution is 7.98. The maximum atomic E-state index is 12.5. The Balaban J connectivity index is 1.66. The Morgan fingerprint density at radius 2 is 1.91 bits per heavy atom. The number of aromatic amines is 1. The Bertz CT molecular complexity index is 764. The molecule has 0 radical (unpaired) electrons. The summed E-state index contributed by atoms with van der Waals surface area (Å²) >= 11 is 1.32. The van der Waals surface area contributed by atoms with E-state index < -0.39 is 12.7 Å². The van der Waals surface area contributed by atoms with Crippen LogP contribution in [0.15, 0.2) is 54.1 Å². The molecule has 2 heterocycles. The van der Waals surface area contributed by atoms with E-state index >= 15 is 0 Å². The van der Waals surface area contributed by atoms with Gasteiger partial charge in [-0.15, -0.1) is 0 Å². The highest BCUT2D eigenvalue weighted by atomic mass is 32.2. The first kappa shape index (κ1) is 15.7. The van der Waals surface area contributed by atoms with E-state index in [1.54, 1.807) is 6.20 Å². The Labute approximate surface area is 134 Å². The second kappa shape index (κ2) is 6.49. The van der Waals surface area contributed by atoms with Crippen LogP contribution >= 0.6 is 11.8 Å². The quantitative estimate of drug-likeness (QED) is 0.712. The number of rotatable bonds is 5. The minimum absolute atomic E-state index is 0.310. The van der Waals surface area contributed by atoms with Crippen molar-refractivity contribution in [2.75, 3.05) is 0 Å². The number of benzene rings is 1. The molecule has 0 unspecified atom stereocenters. The van der Waals surface area contributed by atoms with Crippen molar-refractivity contribution in [3.05, 3.63) is 54.7 Å². The lowest BCUT2D eigenvalue weighted by molar-refractivity contribution is -0.140. The Morgan fingerprint density at radius 3 is 2.65 bits per heavy atom. The van der Waals surface area contributed by atoms with E-state index in [-0.39, 0.29) is 0 Å². The van der Waals surface area contributed by atoms with Gasteiger partial charge in [0.1, 0.15) is 12.4 Å². The number of nitrogens with one attached hydrogen (secondary N) is 1. The molecule has 23 heavy (non-hydrogen) atoms. The third-order valence-corrected chi connectivity index (χ3v) is 4.01. The summed E-state index contributed by atoms with van der Waals surface area (Å²) in [5.41, 5.74) is 1.87. The van der Waals surface area contributed by atoms with Gasteiger partial charge in [0.15, 0.2) is 5.16 Å². The van der Waals surface area contributed by atoms with Crippen LogP contribution in [0.3, 0.4) is 0 Å². The minimum atomic E-state index is -4.26. The van der Waals surface area contributed by atoms with Gasteiger partial charge in [0.2, 0.25) is 0 Å². The van der Waals surface area contributed by atoms with Crippen molar-refractivity contribution >= 4 is 11.8 Å². The zero-order chi connectivity index (χ0) is 16.3. The van der Waals surface area contributed by atoms with Crippen molar-refractivity contribution in [3.63, 3.8) is 0 Å². The lowest BCUT2D eigenvalue weighted by Gasteiger charge is -2.09. The van der Waals surface area contributed by atoms with Gasteiger partial charge in [-0.25, -0.2) is 9.97 Å².